The highest BCUT2D eigenvalue weighted by Gasteiger charge is 2.33. The molecule has 1 saturated heterocycles. The Kier molecular flexibility index (Phi) is 3.08. The van der Waals surface area contributed by atoms with E-state index in [0.29, 0.717) is 11.9 Å². The van der Waals surface area contributed by atoms with Crippen molar-refractivity contribution in [1.82, 2.24) is 10.2 Å². The second-order valence-electron chi connectivity index (χ2n) is 5.43. The second-order valence-corrected chi connectivity index (χ2v) is 5.43. The highest BCUT2D eigenvalue weighted by molar-refractivity contribution is 5.80. The number of carbonyl (C=O) groups is 1. The van der Waals surface area contributed by atoms with Crippen molar-refractivity contribution in [2.75, 3.05) is 20.1 Å². The molecule has 3 rings (SSSR count). The van der Waals surface area contributed by atoms with Gasteiger partial charge in [-0.1, -0.05) is 24.3 Å². The van der Waals surface area contributed by atoms with Crippen molar-refractivity contribution in [1.29, 1.82) is 0 Å². The van der Waals surface area contributed by atoms with Gasteiger partial charge in [0.05, 0.1) is 0 Å². The number of carbonyl (C=O) groups excluding carboxylic acids is 1. The first kappa shape index (κ1) is 11.7. The van der Waals surface area contributed by atoms with Crippen LogP contribution in [0.25, 0.3) is 0 Å². The summed E-state index contributed by atoms with van der Waals surface area (Å²) >= 11 is 0. The van der Waals surface area contributed by atoms with Crippen LogP contribution < -0.4 is 5.32 Å². The number of nitrogens with zero attached hydrogens (tertiary/aromatic N) is 1. The van der Waals surface area contributed by atoms with E-state index in [0.717, 1.165) is 32.4 Å². The van der Waals surface area contributed by atoms with Crippen LogP contribution in [0.3, 0.4) is 0 Å². The number of fused-ring (bicyclic) bond motifs is 1. The third-order valence-electron chi connectivity index (χ3n) is 4.31. The average molecular weight is 244 g/mol. The van der Waals surface area contributed by atoms with Gasteiger partial charge in [-0.25, -0.2) is 0 Å². The maximum atomic E-state index is 12.5. The molecular formula is C15H20N2O. The number of likely N-dealkylation sites (tertiary alicyclic amines) is 1. The molecule has 1 unspecified atom stereocenters. The lowest BCUT2D eigenvalue weighted by atomic mass is 10.1. The zero-order chi connectivity index (χ0) is 12.5. The van der Waals surface area contributed by atoms with Crippen molar-refractivity contribution in [2.45, 2.75) is 25.3 Å². The Balaban J connectivity index is 1.66. The first-order chi connectivity index (χ1) is 8.78. The lowest BCUT2D eigenvalue weighted by molar-refractivity contribution is -0.134. The molecule has 1 aromatic carbocycles. The molecule has 0 saturated carbocycles. The van der Waals surface area contributed by atoms with Crippen LogP contribution in [-0.4, -0.2) is 37.0 Å². The van der Waals surface area contributed by atoms with Crippen molar-refractivity contribution < 1.29 is 4.79 Å². The predicted octanol–water partition coefficient (Wildman–Crippen LogP) is 1.22. The second kappa shape index (κ2) is 4.73. The highest BCUT2D eigenvalue weighted by Crippen LogP contribution is 2.28. The molecule has 96 valence electrons. The lowest BCUT2D eigenvalue weighted by Crippen LogP contribution is -2.37. The van der Waals surface area contributed by atoms with E-state index < -0.39 is 0 Å². The Morgan fingerprint density at radius 2 is 1.94 bits per heavy atom. The maximum absolute atomic E-state index is 12.5. The van der Waals surface area contributed by atoms with E-state index in [-0.39, 0.29) is 5.92 Å². The average Bonchev–Trinajstić information content (AvgIpc) is 3.04. The zero-order valence-corrected chi connectivity index (χ0v) is 10.9. The van der Waals surface area contributed by atoms with Gasteiger partial charge >= 0.3 is 0 Å². The smallest absolute Gasteiger partial charge is 0.226 e. The fourth-order valence-electron chi connectivity index (χ4n) is 3.19. The monoisotopic (exact) mass is 244 g/mol. The van der Waals surface area contributed by atoms with Gasteiger partial charge in [-0.2, -0.15) is 0 Å². The van der Waals surface area contributed by atoms with Crippen molar-refractivity contribution in [3.63, 3.8) is 0 Å². The molecule has 0 aromatic heterocycles. The fourth-order valence-corrected chi connectivity index (χ4v) is 3.19. The normalized spacial score (nSPS) is 23.4. The fraction of sp³-hybridized carbons (Fsp3) is 0.533. The summed E-state index contributed by atoms with van der Waals surface area (Å²) in [5.74, 6) is 0.530. The number of likely N-dealkylation sites (N-methyl/N-ethyl adjacent to an activating group) is 1. The first-order valence-electron chi connectivity index (χ1n) is 6.80. The van der Waals surface area contributed by atoms with Crippen molar-refractivity contribution in [2.24, 2.45) is 5.92 Å². The van der Waals surface area contributed by atoms with Gasteiger partial charge in [0, 0.05) is 25.0 Å². The summed E-state index contributed by atoms with van der Waals surface area (Å²) in [5.41, 5.74) is 2.72. The molecular weight excluding hydrogens is 224 g/mol. The number of rotatable bonds is 2. The van der Waals surface area contributed by atoms with Crippen molar-refractivity contribution >= 4 is 5.91 Å². The van der Waals surface area contributed by atoms with Gasteiger partial charge in [-0.05, 0) is 37.4 Å². The minimum atomic E-state index is 0.179. The number of nitrogens with one attached hydrogen (secondary N) is 1. The number of hydrogen-bond donors (Lipinski definition) is 1. The van der Waals surface area contributed by atoms with E-state index in [1.807, 2.05) is 11.9 Å². The predicted molar refractivity (Wildman–Crippen MR) is 71.4 cm³/mol. The molecule has 1 atom stereocenters. The molecule has 3 nitrogen and oxygen atoms in total. The maximum Gasteiger partial charge on any atom is 0.226 e. The summed E-state index contributed by atoms with van der Waals surface area (Å²) in [7, 11) is 1.98. The number of benzene rings is 1. The molecule has 2 aliphatic rings. The molecule has 1 heterocycles. The highest BCUT2D eigenvalue weighted by atomic mass is 16.2. The third kappa shape index (κ3) is 2.03. The minimum Gasteiger partial charge on any atom is -0.341 e. The van der Waals surface area contributed by atoms with Crippen LogP contribution in [0.1, 0.15) is 17.5 Å². The van der Waals surface area contributed by atoms with E-state index >= 15 is 0 Å². The van der Waals surface area contributed by atoms with Gasteiger partial charge in [0.25, 0.3) is 0 Å². The Hall–Kier alpha value is -1.35. The molecule has 1 N–H and O–H groups in total. The first-order valence-corrected chi connectivity index (χ1v) is 6.80. The van der Waals surface area contributed by atoms with Crippen LogP contribution in [0.2, 0.25) is 0 Å². The molecule has 18 heavy (non-hydrogen) atoms. The van der Waals surface area contributed by atoms with Crippen molar-refractivity contribution in [3.8, 4) is 0 Å². The molecule has 0 bridgehead atoms. The molecule has 1 amide bonds. The summed E-state index contributed by atoms with van der Waals surface area (Å²) in [6.07, 6.45) is 2.94. The topological polar surface area (TPSA) is 32.3 Å². The molecule has 1 fully saturated rings. The summed E-state index contributed by atoms with van der Waals surface area (Å²) in [6, 6.07) is 8.93. The molecule has 0 spiro atoms. The Bertz CT molecular complexity index is 433. The van der Waals surface area contributed by atoms with E-state index in [4.69, 9.17) is 0 Å². The molecule has 1 aliphatic carbocycles. The van der Waals surface area contributed by atoms with E-state index in [9.17, 15) is 4.79 Å². The summed E-state index contributed by atoms with van der Waals surface area (Å²) in [4.78, 5) is 14.5. The zero-order valence-electron chi connectivity index (χ0n) is 10.9. The molecule has 3 heteroatoms. The van der Waals surface area contributed by atoms with Crippen LogP contribution in [0.5, 0.6) is 0 Å². The SMILES string of the molecule is CNC1CCN(C(=O)C2Cc3ccccc3C2)C1. The van der Waals surface area contributed by atoms with Crippen LogP contribution in [0.15, 0.2) is 24.3 Å². The van der Waals surface area contributed by atoms with Gasteiger partial charge in [0.1, 0.15) is 0 Å². The number of amides is 1. The van der Waals surface area contributed by atoms with Crippen LogP contribution in [0, 0.1) is 5.92 Å². The van der Waals surface area contributed by atoms with E-state index in [2.05, 4.69) is 29.6 Å². The standard InChI is InChI=1S/C15H20N2O/c1-16-14-6-7-17(10-14)15(18)13-8-11-4-2-3-5-12(11)9-13/h2-5,13-14,16H,6-10H2,1H3. The van der Waals surface area contributed by atoms with Gasteiger partial charge in [0.2, 0.25) is 5.91 Å². The summed E-state index contributed by atoms with van der Waals surface area (Å²) in [6.45, 7) is 1.79. The van der Waals surface area contributed by atoms with Crippen LogP contribution >= 0.6 is 0 Å². The minimum absolute atomic E-state index is 0.179. The summed E-state index contributed by atoms with van der Waals surface area (Å²) < 4.78 is 0. The Morgan fingerprint density at radius 1 is 1.28 bits per heavy atom. The van der Waals surface area contributed by atoms with E-state index in [1.165, 1.54) is 11.1 Å². The lowest BCUT2D eigenvalue weighted by Gasteiger charge is -2.20. The largest absolute Gasteiger partial charge is 0.341 e. The van der Waals surface area contributed by atoms with Crippen LogP contribution in [-0.2, 0) is 17.6 Å². The van der Waals surface area contributed by atoms with E-state index in [1.54, 1.807) is 0 Å². The van der Waals surface area contributed by atoms with Gasteiger partial charge in [-0.3, -0.25) is 4.79 Å². The van der Waals surface area contributed by atoms with Crippen molar-refractivity contribution in [3.05, 3.63) is 35.4 Å². The van der Waals surface area contributed by atoms with Gasteiger partial charge in [-0.15, -0.1) is 0 Å². The van der Waals surface area contributed by atoms with Gasteiger partial charge < -0.3 is 10.2 Å². The molecule has 1 aliphatic heterocycles. The number of hydrogen-bond acceptors (Lipinski definition) is 2. The Labute approximate surface area is 108 Å². The summed E-state index contributed by atoms with van der Waals surface area (Å²) in [5, 5.41) is 3.26. The molecule has 1 aromatic rings. The third-order valence-corrected chi connectivity index (χ3v) is 4.31. The van der Waals surface area contributed by atoms with Gasteiger partial charge in [0.15, 0.2) is 0 Å². The van der Waals surface area contributed by atoms with Crippen LogP contribution in [0.4, 0.5) is 0 Å². The molecule has 0 radical (unpaired) electrons. The Morgan fingerprint density at radius 3 is 2.50 bits per heavy atom. The quantitative estimate of drug-likeness (QED) is 0.848.